The van der Waals surface area contributed by atoms with E-state index in [2.05, 4.69) is 63.5 Å². The van der Waals surface area contributed by atoms with E-state index in [1.165, 1.54) is 16.6 Å². The predicted octanol–water partition coefficient (Wildman–Crippen LogP) is 5.03. The largest absolute Gasteiger partial charge is 0.491 e. The van der Waals surface area contributed by atoms with Gasteiger partial charge in [0.15, 0.2) is 0 Å². The summed E-state index contributed by atoms with van der Waals surface area (Å²) in [7, 11) is 0. The Morgan fingerprint density at radius 1 is 1.00 bits per heavy atom. The van der Waals surface area contributed by atoms with Crippen LogP contribution in [0, 0.1) is 13.8 Å². The summed E-state index contributed by atoms with van der Waals surface area (Å²) in [5, 5.41) is 0. The van der Waals surface area contributed by atoms with Gasteiger partial charge in [-0.3, -0.25) is 0 Å². The average Bonchev–Trinajstić information content (AvgIpc) is 2.91. The zero-order valence-electron chi connectivity index (χ0n) is 15.3. The Morgan fingerprint density at radius 2 is 1.75 bits per heavy atom. The molecule has 0 fully saturated rings. The molecule has 24 heavy (non-hydrogen) atoms. The lowest BCUT2D eigenvalue weighted by molar-refractivity contribution is 0.293. The number of hydrogen-bond acceptors (Lipinski definition) is 2. The third kappa shape index (κ3) is 3.16. The molecule has 0 aliphatic heterocycles. The van der Waals surface area contributed by atoms with Gasteiger partial charge in [-0.15, -0.1) is 0 Å². The summed E-state index contributed by atoms with van der Waals surface area (Å²) < 4.78 is 8.35. The highest BCUT2D eigenvalue weighted by molar-refractivity contribution is 5.76. The van der Waals surface area contributed by atoms with E-state index in [0.717, 1.165) is 23.6 Å². The molecule has 0 amide bonds. The Balaban J connectivity index is 1.86. The van der Waals surface area contributed by atoms with E-state index >= 15 is 0 Å². The number of benzene rings is 2. The lowest BCUT2D eigenvalue weighted by Crippen LogP contribution is -2.21. The minimum atomic E-state index is -0.00171. The Morgan fingerprint density at radius 3 is 2.50 bits per heavy atom. The number of nitrogens with zero attached hydrogens (tertiary/aromatic N) is 2. The Hall–Kier alpha value is -2.29. The summed E-state index contributed by atoms with van der Waals surface area (Å²) in [4.78, 5) is 4.85. The average molecular weight is 322 g/mol. The maximum atomic E-state index is 6.06. The van der Waals surface area contributed by atoms with E-state index in [0.29, 0.717) is 6.61 Å². The summed E-state index contributed by atoms with van der Waals surface area (Å²) in [5.74, 6) is 2.07. The van der Waals surface area contributed by atoms with Gasteiger partial charge < -0.3 is 9.30 Å². The summed E-state index contributed by atoms with van der Waals surface area (Å²) in [6, 6.07) is 14.5. The van der Waals surface area contributed by atoms with Crippen molar-refractivity contribution in [2.45, 2.75) is 46.6 Å². The molecule has 3 heteroatoms. The molecule has 0 saturated heterocycles. The molecule has 3 nitrogen and oxygen atoms in total. The topological polar surface area (TPSA) is 27.1 Å². The molecule has 0 saturated carbocycles. The molecule has 3 aromatic rings. The highest BCUT2D eigenvalue weighted by Crippen LogP contribution is 2.26. The van der Waals surface area contributed by atoms with Crippen LogP contribution >= 0.6 is 0 Å². The second kappa shape index (κ2) is 6.31. The molecular formula is C21H26N2O. The SMILES string of the molecule is Cc1cccc(OCCn2c(C(C)(C)C)nc3ccccc32)c1C. The lowest BCUT2D eigenvalue weighted by atomic mass is 9.95. The fourth-order valence-corrected chi connectivity index (χ4v) is 3.00. The van der Waals surface area contributed by atoms with Gasteiger partial charge in [-0.1, -0.05) is 45.0 Å². The van der Waals surface area contributed by atoms with E-state index < -0.39 is 0 Å². The number of para-hydroxylation sites is 2. The minimum absolute atomic E-state index is 0.00171. The summed E-state index contributed by atoms with van der Waals surface area (Å²) in [6.07, 6.45) is 0. The number of imidazole rings is 1. The molecule has 0 atom stereocenters. The van der Waals surface area contributed by atoms with Crippen molar-refractivity contribution in [3.63, 3.8) is 0 Å². The normalized spacial score (nSPS) is 11.9. The van der Waals surface area contributed by atoms with Gasteiger partial charge in [0.05, 0.1) is 17.6 Å². The predicted molar refractivity (Wildman–Crippen MR) is 99.8 cm³/mol. The van der Waals surface area contributed by atoms with Crippen LogP contribution in [-0.4, -0.2) is 16.2 Å². The molecule has 0 N–H and O–H groups in total. The fraction of sp³-hybridized carbons (Fsp3) is 0.381. The van der Waals surface area contributed by atoms with E-state index in [4.69, 9.17) is 9.72 Å². The van der Waals surface area contributed by atoms with Gasteiger partial charge in [-0.25, -0.2) is 4.98 Å². The van der Waals surface area contributed by atoms with Crippen molar-refractivity contribution >= 4 is 11.0 Å². The highest BCUT2D eigenvalue weighted by Gasteiger charge is 2.22. The number of rotatable bonds is 4. The fourth-order valence-electron chi connectivity index (χ4n) is 3.00. The van der Waals surface area contributed by atoms with Gasteiger partial charge in [0.1, 0.15) is 18.2 Å². The van der Waals surface area contributed by atoms with Crippen LogP contribution in [0.4, 0.5) is 0 Å². The maximum absolute atomic E-state index is 6.06. The number of ether oxygens (including phenoxy) is 1. The summed E-state index contributed by atoms with van der Waals surface area (Å²) in [6.45, 7) is 12.3. The van der Waals surface area contributed by atoms with Gasteiger partial charge in [-0.05, 0) is 43.2 Å². The number of aryl methyl sites for hydroxylation is 1. The highest BCUT2D eigenvalue weighted by atomic mass is 16.5. The van der Waals surface area contributed by atoms with Crippen molar-refractivity contribution < 1.29 is 4.74 Å². The van der Waals surface area contributed by atoms with Crippen LogP contribution in [0.3, 0.4) is 0 Å². The Bertz CT molecular complexity index is 856. The first-order valence-corrected chi connectivity index (χ1v) is 8.52. The quantitative estimate of drug-likeness (QED) is 0.673. The second-order valence-corrected chi connectivity index (χ2v) is 7.37. The zero-order valence-corrected chi connectivity index (χ0v) is 15.3. The van der Waals surface area contributed by atoms with E-state index in [1.807, 2.05) is 18.2 Å². The Kier molecular flexibility index (Phi) is 4.35. The zero-order chi connectivity index (χ0) is 17.3. The molecule has 0 spiro atoms. The molecule has 0 unspecified atom stereocenters. The molecule has 1 aromatic heterocycles. The molecule has 3 rings (SSSR count). The minimum Gasteiger partial charge on any atom is -0.491 e. The van der Waals surface area contributed by atoms with E-state index in [9.17, 15) is 0 Å². The van der Waals surface area contributed by atoms with Crippen LogP contribution in [0.25, 0.3) is 11.0 Å². The van der Waals surface area contributed by atoms with Crippen molar-refractivity contribution in [2.24, 2.45) is 0 Å². The molecule has 1 heterocycles. The second-order valence-electron chi connectivity index (χ2n) is 7.37. The van der Waals surface area contributed by atoms with Gasteiger partial charge >= 0.3 is 0 Å². The molecule has 0 bridgehead atoms. The molecule has 126 valence electrons. The Labute approximate surface area is 144 Å². The molecule has 0 radical (unpaired) electrons. The molecule has 0 aliphatic rings. The van der Waals surface area contributed by atoms with Gasteiger partial charge in [0.2, 0.25) is 0 Å². The standard InChI is InChI=1S/C21H26N2O/c1-15-9-8-12-19(16(15)2)24-14-13-23-18-11-7-6-10-17(18)22-20(23)21(3,4)5/h6-12H,13-14H2,1-5H3. The molecule has 0 aliphatic carbocycles. The first kappa shape index (κ1) is 16.6. The smallest absolute Gasteiger partial charge is 0.122 e. The van der Waals surface area contributed by atoms with Crippen molar-refractivity contribution in [3.8, 4) is 5.75 Å². The van der Waals surface area contributed by atoms with Crippen molar-refractivity contribution in [3.05, 3.63) is 59.4 Å². The third-order valence-electron chi connectivity index (χ3n) is 4.45. The van der Waals surface area contributed by atoms with Crippen LogP contribution in [0.5, 0.6) is 5.75 Å². The summed E-state index contributed by atoms with van der Waals surface area (Å²) >= 11 is 0. The first-order chi connectivity index (χ1) is 11.4. The van der Waals surface area contributed by atoms with Crippen LogP contribution in [0.15, 0.2) is 42.5 Å². The molecular weight excluding hydrogens is 296 g/mol. The van der Waals surface area contributed by atoms with Gasteiger partial charge in [0.25, 0.3) is 0 Å². The lowest BCUT2D eigenvalue weighted by Gasteiger charge is -2.20. The first-order valence-electron chi connectivity index (χ1n) is 8.52. The third-order valence-corrected chi connectivity index (χ3v) is 4.45. The number of aromatic nitrogens is 2. The van der Waals surface area contributed by atoms with Crippen molar-refractivity contribution in [1.82, 2.24) is 9.55 Å². The van der Waals surface area contributed by atoms with E-state index in [-0.39, 0.29) is 5.41 Å². The molecule has 2 aromatic carbocycles. The monoisotopic (exact) mass is 322 g/mol. The van der Waals surface area contributed by atoms with Crippen LogP contribution in [-0.2, 0) is 12.0 Å². The maximum Gasteiger partial charge on any atom is 0.122 e. The van der Waals surface area contributed by atoms with Gasteiger partial charge in [0, 0.05) is 5.41 Å². The van der Waals surface area contributed by atoms with Crippen LogP contribution < -0.4 is 4.74 Å². The van der Waals surface area contributed by atoms with E-state index in [1.54, 1.807) is 0 Å². The van der Waals surface area contributed by atoms with Crippen LogP contribution in [0.2, 0.25) is 0 Å². The number of fused-ring (bicyclic) bond motifs is 1. The van der Waals surface area contributed by atoms with Crippen molar-refractivity contribution in [2.75, 3.05) is 6.61 Å². The summed E-state index contributed by atoms with van der Waals surface area (Å²) in [5.41, 5.74) is 4.69. The number of hydrogen-bond donors (Lipinski definition) is 0. The van der Waals surface area contributed by atoms with Crippen molar-refractivity contribution in [1.29, 1.82) is 0 Å². The van der Waals surface area contributed by atoms with Gasteiger partial charge in [-0.2, -0.15) is 0 Å². The van der Waals surface area contributed by atoms with Crippen LogP contribution in [0.1, 0.15) is 37.7 Å².